The monoisotopic (exact) mass is 385 g/mol. The molecule has 0 unspecified atom stereocenters. The van der Waals surface area contributed by atoms with Crippen molar-refractivity contribution in [2.24, 2.45) is 0 Å². The maximum Gasteiger partial charge on any atom is 0.258 e. The number of nitrogens with zero attached hydrogens (tertiary/aromatic N) is 3. The third kappa shape index (κ3) is 3.53. The Labute approximate surface area is 169 Å². The highest BCUT2D eigenvalue weighted by Crippen LogP contribution is 2.29. The molecular weight excluding hydrogens is 362 g/mol. The molecule has 2 aromatic carbocycles. The summed E-state index contributed by atoms with van der Waals surface area (Å²) in [5.41, 5.74) is 4.03. The van der Waals surface area contributed by atoms with Crippen molar-refractivity contribution >= 4 is 22.6 Å². The first-order chi connectivity index (χ1) is 14.3. The lowest BCUT2D eigenvalue weighted by Gasteiger charge is -2.21. The van der Waals surface area contributed by atoms with E-state index in [1.54, 1.807) is 6.20 Å². The highest BCUT2D eigenvalue weighted by molar-refractivity contribution is 6.05. The number of benzene rings is 2. The molecule has 1 aliphatic rings. The number of amides is 1. The van der Waals surface area contributed by atoms with Crippen molar-refractivity contribution < 1.29 is 4.79 Å². The molecule has 0 aliphatic heterocycles. The third-order valence-electron chi connectivity index (χ3n) is 5.63. The summed E-state index contributed by atoms with van der Waals surface area (Å²) in [5.74, 6) is 0.579. The smallest absolute Gasteiger partial charge is 0.258 e. The molecule has 2 aromatic heterocycles. The summed E-state index contributed by atoms with van der Waals surface area (Å²) in [7, 11) is 0. The number of para-hydroxylation sites is 3. The van der Waals surface area contributed by atoms with E-state index in [0.717, 1.165) is 41.0 Å². The average Bonchev–Trinajstić information content (AvgIpc) is 3.42. The molecule has 0 radical (unpaired) electrons. The summed E-state index contributed by atoms with van der Waals surface area (Å²) in [6.45, 7) is 0. The normalized spacial score (nSPS) is 14.9. The van der Waals surface area contributed by atoms with Gasteiger partial charge in [0.1, 0.15) is 5.82 Å². The van der Waals surface area contributed by atoms with Crippen molar-refractivity contribution in [3.05, 3.63) is 66.5 Å². The van der Waals surface area contributed by atoms with Gasteiger partial charge in [0.05, 0.1) is 34.5 Å². The van der Waals surface area contributed by atoms with E-state index in [0.29, 0.717) is 11.6 Å². The second-order valence-electron chi connectivity index (χ2n) is 7.60. The van der Waals surface area contributed by atoms with Crippen LogP contribution in [0.5, 0.6) is 0 Å². The van der Waals surface area contributed by atoms with E-state index in [-0.39, 0.29) is 5.91 Å². The average molecular weight is 385 g/mol. The van der Waals surface area contributed by atoms with Gasteiger partial charge in [-0.25, -0.2) is 4.98 Å². The van der Waals surface area contributed by atoms with Gasteiger partial charge in [-0.3, -0.25) is 9.48 Å². The first-order valence-corrected chi connectivity index (χ1v) is 10.2. The Morgan fingerprint density at radius 3 is 2.69 bits per heavy atom. The highest BCUT2D eigenvalue weighted by Gasteiger charge is 2.19. The van der Waals surface area contributed by atoms with Crippen LogP contribution in [0.4, 0.5) is 5.69 Å². The quantitative estimate of drug-likeness (QED) is 0.508. The van der Waals surface area contributed by atoms with Gasteiger partial charge in [-0.2, -0.15) is 5.10 Å². The van der Waals surface area contributed by atoms with E-state index in [2.05, 4.69) is 20.4 Å². The van der Waals surface area contributed by atoms with Gasteiger partial charge in [0, 0.05) is 11.8 Å². The summed E-state index contributed by atoms with van der Waals surface area (Å²) >= 11 is 0. The number of hydrogen-bond acceptors (Lipinski definition) is 3. The highest BCUT2D eigenvalue weighted by atomic mass is 16.1. The number of rotatable bonds is 4. The van der Waals surface area contributed by atoms with Crippen LogP contribution in [0.1, 0.15) is 48.5 Å². The van der Waals surface area contributed by atoms with E-state index < -0.39 is 0 Å². The summed E-state index contributed by atoms with van der Waals surface area (Å²) in [4.78, 5) is 20.9. The molecule has 1 fully saturated rings. The molecule has 1 aliphatic carbocycles. The molecule has 0 saturated heterocycles. The molecule has 29 heavy (non-hydrogen) atoms. The predicted octanol–water partition coefficient (Wildman–Crippen LogP) is 5.18. The topological polar surface area (TPSA) is 75.6 Å². The maximum atomic E-state index is 12.9. The number of anilines is 1. The fourth-order valence-electron chi connectivity index (χ4n) is 4.07. The van der Waals surface area contributed by atoms with Gasteiger partial charge in [0.2, 0.25) is 0 Å². The zero-order chi connectivity index (χ0) is 19.6. The maximum absolute atomic E-state index is 12.9. The molecule has 4 aromatic rings. The van der Waals surface area contributed by atoms with Crippen molar-refractivity contribution in [3.8, 4) is 11.4 Å². The fraction of sp³-hybridized carbons (Fsp3) is 0.261. The number of nitrogens with one attached hydrogen (secondary N) is 2. The van der Waals surface area contributed by atoms with Crippen molar-refractivity contribution in [2.75, 3.05) is 5.32 Å². The van der Waals surface area contributed by atoms with Crippen LogP contribution < -0.4 is 5.32 Å². The minimum atomic E-state index is -0.157. The molecule has 1 saturated carbocycles. The number of H-pyrrole nitrogens is 1. The summed E-state index contributed by atoms with van der Waals surface area (Å²) < 4.78 is 1.96. The number of imidazole rings is 1. The van der Waals surface area contributed by atoms with E-state index >= 15 is 0 Å². The van der Waals surface area contributed by atoms with Gasteiger partial charge in [-0.1, -0.05) is 43.5 Å². The number of carbonyl (C=O) groups is 1. The molecule has 6 nitrogen and oxygen atoms in total. The Morgan fingerprint density at radius 2 is 1.83 bits per heavy atom. The summed E-state index contributed by atoms with van der Waals surface area (Å²) in [6, 6.07) is 16.0. The van der Waals surface area contributed by atoms with Gasteiger partial charge in [0.15, 0.2) is 0 Å². The van der Waals surface area contributed by atoms with Crippen LogP contribution in [0.2, 0.25) is 0 Å². The lowest BCUT2D eigenvalue weighted by atomic mass is 9.96. The van der Waals surface area contributed by atoms with Gasteiger partial charge >= 0.3 is 0 Å². The van der Waals surface area contributed by atoms with Gasteiger partial charge in [0.25, 0.3) is 5.91 Å². The molecule has 0 bridgehead atoms. The second-order valence-corrected chi connectivity index (χ2v) is 7.60. The Bertz CT molecular complexity index is 1120. The summed E-state index contributed by atoms with van der Waals surface area (Å²) in [5, 5.41) is 7.48. The van der Waals surface area contributed by atoms with E-state index in [1.165, 1.54) is 19.3 Å². The minimum absolute atomic E-state index is 0.157. The standard InChI is InChI=1S/C23H23N5O/c29-23(16-14-24-28(15-16)17-8-2-1-3-9-17)27-19-11-5-4-10-18(19)22-25-20-12-6-7-13-21(20)26-22/h4-7,10-15,17H,1-3,8-9H2,(H,25,26)(H,27,29). The van der Waals surface area contributed by atoms with Gasteiger partial charge in [-0.05, 0) is 37.1 Å². The van der Waals surface area contributed by atoms with Crippen LogP contribution in [-0.4, -0.2) is 25.7 Å². The second kappa shape index (κ2) is 7.54. The zero-order valence-corrected chi connectivity index (χ0v) is 16.1. The SMILES string of the molecule is O=C(Nc1ccccc1-c1nc2ccccc2[nH]1)c1cnn(C2CCCCC2)c1. The predicted molar refractivity (Wildman–Crippen MR) is 114 cm³/mol. The van der Waals surface area contributed by atoms with Crippen LogP contribution in [0.25, 0.3) is 22.4 Å². The number of aromatic amines is 1. The number of hydrogen-bond donors (Lipinski definition) is 2. The minimum Gasteiger partial charge on any atom is -0.338 e. The van der Waals surface area contributed by atoms with E-state index in [9.17, 15) is 4.79 Å². The molecule has 2 heterocycles. The molecular formula is C23H23N5O. The van der Waals surface area contributed by atoms with Crippen molar-refractivity contribution in [2.45, 2.75) is 38.1 Å². The number of aromatic nitrogens is 4. The zero-order valence-electron chi connectivity index (χ0n) is 16.1. The number of carbonyl (C=O) groups excluding carboxylic acids is 1. The molecule has 6 heteroatoms. The van der Waals surface area contributed by atoms with Crippen LogP contribution in [-0.2, 0) is 0 Å². The van der Waals surface area contributed by atoms with E-state index in [4.69, 9.17) is 0 Å². The van der Waals surface area contributed by atoms with Gasteiger partial charge < -0.3 is 10.3 Å². The van der Waals surface area contributed by atoms with Crippen molar-refractivity contribution in [3.63, 3.8) is 0 Å². The van der Waals surface area contributed by atoms with Crippen LogP contribution in [0.3, 0.4) is 0 Å². The Kier molecular flexibility index (Phi) is 4.60. The Balaban J connectivity index is 1.39. The molecule has 146 valence electrons. The molecule has 1 amide bonds. The Hall–Kier alpha value is -3.41. The van der Waals surface area contributed by atoms with E-state index in [1.807, 2.05) is 59.4 Å². The first kappa shape index (κ1) is 17.7. The van der Waals surface area contributed by atoms with Crippen LogP contribution in [0.15, 0.2) is 60.9 Å². The third-order valence-corrected chi connectivity index (χ3v) is 5.63. The largest absolute Gasteiger partial charge is 0.338 e. The molecule has 0 spiro atoms. The summed E-state index contributed by atoms with van der Waals surface area (Å²) in [6.07, 6.45) is 9.57. The molecule has 0 atom stereocenters. The van der Waals surface area contributed by atoms with Crippen LogP contribution >= 0.6 is 0 Å². The lowest BCUT2D eigenvalue weighted by molar-refractivity contribution is 0.102. The van der Waals surface area contributed by atoms with Crippen molar-refractivity contribution in [1.29, 1.82) is 0 Å². The molecule has 5 rings (SSSR count). The van der Waals surface area contributed by atoms with Gasteiger partial charge in [-0.15, -0.1) is 0 Å². The fourth-order valence-corrected chi connectivity index (χ4v) is 4.07. The number of fused-ring (bicyclic) bond motifs is 1. The lowest BCUT2D eigenvalue weighted by Crippen LogP contribution is -2.14. The molecule has 2 N–H and O–H groups in total. The van der Waals surface area contributed by atoms with Crippen LogP contribution in [0, 0.1) is 0 Å². The Morgan fingerprint density at radius 1 is 1.03 bits per heavy atom. The van der Waals surface area contributed by atoms with Crippen molar-refractivity contribution in [1.82, 2.24) is 19.7 Å². The first-order valence-electron chi connectivity index (χ1n) is 10.2.